The van der Waals surface area contributed by atoms with Gasteiger partial charge in [-0.1, -0.05) is 36.4 Å². The van der Waals surface area contributed by atoms with Crippen molar-refractivity contribution >= 4 is 6.29 Å². The first-order chi connectivity index (χ1) is 6.90. The van der Waals surface area contributed by atoms with Crippen LogP contribution in [-0.2, 0) is 4.79 Å². The first-order valence-corrected chi connectivity index (χ1v) is 4.52. The molecule has 0 bridgehead atoms. The Kier molecular flexibility index (Phi) is 1.37. The summed E-state index contributed by atoms with van der Waals surface area (Å²) in [5.74, 6) is 0. The molecule has 0 fully saturated rings. The zero-order chi connectivity index (χ0) is 9.54. The summed E-state index contributed by atoms with van der Waals surface area (Å²) >= 11 is 0. The smallest absolute Gasteiger partial charge is 0.233 e. The number of hydrogen-bond acceptors (Lipinski definition) is 1. The van der Waals surface area contributed by atoms with Gasteiger partial charge in [0.1, 0.15) is 0 Å². The van der Waals surface area contributed by atoms with E-state index in [4.69, 9.17) is 0 Å². The highest BCUT2D eigenvalue weighted by Gasteiger charge is 2.21. The van der Waals surface area contributed by atoms with Crippen LogP contribution in [0.25, 0.3) is 22.3 Å². The van der Waals surface area contributed by atoms with Gasteiger partial charge in [0.25, 0.3) is 0 Å². The van der Waals surface area contributed by atoms with Crippen LogP contribution in [0.2, 0.25) is 0 Å². The van der Waals surface area contributed by atoms with Crippen molar-refractivity contribution in [2.75, 3.05) is 0 Å². The van der Waals surface area contributed by atoms with Crippen LogP contribution < -0.4 is 0 Å². The molecule has 65 valence electrons. The predicted octanol–water partition coefficient (Wildman–Crippen LogP) is 2.79. The van der Waals surface area contributed by atoms with Crippen molar-refractivity contribution in [2.45, 2.75) is 0 Å². The Morgan fingerprint density at radius 3 is 2.14 bits per heavy atom. The summed E-state index contributed by atoms with van der Waals surface area (Å²) in [6.45, 7) is 0. The standard InChI is InChI=1S/C13H7O/c14-8-9-5-6-12-10-3-1-2-4-11(10)13(12)7-9/h1-7H. The van der Waals surface area contributed by atoms with Gasteiger partial charge in [0, 0.05) is 5.56 Å². The molecular formula is C13H7O. The van der Waals surface area contributed by atoms with Gasteiger partial charge < -0.3 is 0 Å². The maximum atomic E-state index is 10.5. The Hall–Kier alpha value is -1.89. The van der Waals surface area contributed by atoms with Crippen molar-refractivity contribution in [2.24, 2.45) is 0 Å². The molecule has 1 radical (unpaired) electrons. The van der Waals surface area contributed by atoms with Crippen molar-refractivity contribution in [3.05, 3.63) is 48.0 Å². The minimum atomic E-state index is 0.623. The lowest BCUT2D eigenvalue weighted by Crippen LogP contribution is -1.98. The largest absolute Gasteiger partial charge is 0.285 e. The molecule has 0 aromatic heterocycles. The summed E-state index contributed by atoms with van der Waals surface area (Å²) in [4.78, 5) is 10.5. The van der Waals surface area contributed by atoms with Crippen LogP contribution >= 0.6 is 0 Å². The lowest BCUT2D eigenvalue weighted by molar-refractivity contribution is 0.563. The fraction of sp³-hybridized carbons (Fsp3) is 0. The third-order valence-corrected chi connectivity index (χ3v) is 2.64. The molecule has 0 heterocycles. The maximum absolute atomic E-state index is 10.5. The Morgan fingerprint density at radius 1 is 0.786 bits per heavy atom. The van der Waals surface area contributed by atoms with Crippen LogP contribution in [0.3, 0.4) is 0 Å². The Balaban J connectivity index is 2.24. The molecule has 0 spiro atoms. The molecule has 1 heteroatoms. The van der Waals surface area contributed by atoms with Crippen molar-refractivity contribution in [3.63, 3.8) is 0 Å². The van der Waals surface area contributed by atoms with Crippen molar-refractivity contribution < 1.29 is 4.79 Å². The van der Waals surface area contributed by atoms with Gasteiger partial charge in [0.2, 0.25) is 6.29 Å². The van der Waals surface area contributed by atoms with E-state index in [0.29, 0.717) is 5.56 Å². The molecule has 3 rings (SSSR count). The summed E-state index contributed by atoms with van der Waals surface area (Å²) in [6.07, 6.45) is 1.91. The molecule has 14 heavy (non-hydrogen) atoms. The quantitative estimate of drug-likeness (QED) is 0.561. The first kappa shape index (κ1) is 7.51. The molecule has 2 aromatic rings. The van der Waals surface area contributed by atoms with Gasteiger partial charge in [-0.15, -0.1) is 0 Å². The van der Waals surface area contributed by atoms with Gasteiger partial charge in [-0.05, 0) is 28.3 Å². The summed E-state index contributed by atoms with van der Waals surface area (Å²) in [6, 6.07) is 13.9. The van der Waals surface area contributed by atoms with Gasteiger partial charge in [0.15, 0.2) is 0 Å². The van der Waals surface area contributed by atoms with E-state index in [9.17, 15) is 4.79 Å². The fourth-order valence-electron chi connectivity index (χ4n) is 1.96. The van der Waals surface area contributed by atoms with Gasteiger partial charge in [-0.2, -0.15) is 0 Å². The lowest BCUT2D eigenvalue weighted by Gasteiger charge is -2.23. The Bertz CT molecular complexity index is 527. The second-order valence-corrected chi connectivity index (χ2v) is 3.41. The van der Waals surface area contributed by atoms with Crippen LogP contribution in [-0.4, -0.2) is 6.29 Å². The second-order valence-electron chi connectivity index (χ2n) is 3.41. The number of benzene rings is 2. The molecule has 2 aromatic carbocycles. The molecule has 0 unspecified atom stereocenters. The molecule has 1 nitrogen and oxygen atoms in total. The number of carbonyl (C=O) groups excluding carboxylic acids is 1. The van der Waals surface area contributed by atoms with Gasteiger partial charge >= 0.3 is 0 Å². The third-order valence-electron chi connectivity index (χ3n) is 2.64. The van der Waals surface area contributed by atoms with Crippen molar-refractivity contribution in [1.82, 2.24) is 0 Å². The van der Waals surface area contributed by atoms with Crippen molar-refractivity contribution in [3.8, 4) is 22.3 Å². The van der Waals surface area contributed by atoms with Crippen molar-refractivity contribution in [1.29, 1.82) is 0 Å². The van der Waals surface area contributed by atoms with Gasteiger partial charge in [-0.25, -0.2) is 0 Å². The number of rotatable bonds is 1. The van der Waals surface area contributed by atoms with E-state index < -0.39 is 0 Å². The van der Waals surface area contributed by atoms with Crippen LogP contribution in [0, 0.1) is 0 Å². The molecule has 0 saturated carbocycles. The minimum Gasteiger partial charge on any atom is -0.285 e. The fourth-order valence-corrected chi connectivity index (χ4v) is 1.96. The highest BCUT2D eigenvalue weighted by atomic mass is 16.1. The average Bonchev–Trinajstić information content (AvgIpc) is 2.25. The van der Waals surface area contributed by atoms with Gasteiger partial charge in [0.05, 0.1) is 0 Å². The van der Waals surface area contributed by atoms with Crippen LogP contribution in [0.5, 0.6) is 0 Å². The minimum absolute atomic E-state index is 0.623. The summed E-state index contributed by atoms with van der Waals surface area (Å²) in [5.41, 5.74) is 5.54. The SMILES string of the molecule is O=[C]c1ccc2c(c1)-c1ccccc1-2. The maximum Gasteiger partial charge on any atom is 0.233 e. The van der Waals surface area contributed by atoms with E-state index in [1.807, 2.05) is 36.6 Å². The zero-order valence-corrected chi connectivity index (χ0v) is 7.45. The molecule has 0 saturated heterocycles. The molecule has 1 aliphatic carbocycles. The van der Waals surface area contributed by atoms with E-state index in [1.165, 1.54) is 22.3 Å². The monoisotopic (exact) mass is 179 g/mol. The zero-order valence-electron chi connectivity index (χ0n) is 7.45. The average molecular weight is 179 g/mol. The highest BCUT2D eigenvalue weighted by molar-refractivity contribution is 6.03. The lowest BCUT2D eigenvalue weighted by atomic mass is 9.80. The normalized spacial score (nSPS) is 11.1. The van der Waals surface area contributed by atoms with Crippen LogP contribution in [0.1, 0.15) is 5.56 Å². The topological polar surface area (TPSA) is 17.1 Å². The molecule has 0 amide bonds. The van der Waals surface area contributed by atoms with Crippen LogP contribution in [0.4, 0.5) is 0 Å². The third kappa shape index (κ3) is 0.814. The second kappa shape index (κ2) is 2.55. The molecule has 0 aliphatic heterocycles. The molecule has 0 N–H and O–H groups in total. The van der Waals surface area contributed by atoms with E-state index >= 15 is 0 Å². The summed E-state index contributed by atoms with van der Waals surface area (Å²) < 4.78 is 0. The van der Waals surface area contributed by atoms with Crippen LogP contribution in [0.15, 0.2) is 42.5 Å². The molecule has 1 aliphatic rings. The molecule has 0 atom stereocenters. The summed E-state index contributed by atoms with van der Waals surface area (Å²) in [7, 11) is 0. The number of fused-ring (bicyclic) bond motifs is 4. The van der Waals surface area contributed by atoms with E-state index in [0.717, 1.165) is 0 Å². The first-order valence-electron chi connectivity index (χ1n) is 4.52. The summed E-state index contributed by atoms with van der Waals surface area (Å²) in [5, 5.41) is 0. The Morgan fingerprint density at radius 2 is 1.43 bits per heavy atom. The molecular weight excluding hydrogens is 172 g/mol. The highest BCUT2D eigenvalue weighted by Crippen LogP contribution is 2.46. The van der Waals surface area contributed by atoms with E-state index in [2.05, 4.69) is 12.1 Å². The number of hydrogen-bond donors (Lipinski definition) is 0. The van der Waals surface area contributed by atoms with E-state index in [1.54, 1.807) is 0 Å². The van der Waals surface area contributed by atoms with Gasteiger partial charge in [-0.3, -0.25) is 4.79 Å². The Labute approximate surface area is 82.0 Å². The predicted molar refractivity (Wildman–Crippen MR) is 55.7 cm³/mol. The van der Waals surface area contributed by atoms with E-state index in [-0.39, 0.29) is 0 Å².